The Hall–Kier alpha value is -2.22. The Morgan fingerprint density at radius 2 is 1.84 bits per heavy atom. The van der Waals surface area contributed by atoms with Gasteiger partial charge < -0.3 is 9.67 Å². The maximum atomic E-state index is 9.54. The van der Waals surface area contributed by atoms with Crippen molar-refractivity contribution in [1.29, 1.82) is 0 Å². The highest BCUT2D eigenvalue weighted by molar-refractivity contribution is 5.87. The Balaban J connectivity index is 2.30. The van der Waals surface area contributed by atoms with E-state index in [2.05, 4.69) is 41.8 Å². The molecular weight excluding hydrogens is 234 g/mol. The van der Waals surface area contributed by atoms with Gasteiger partial charge in [0.25, 0.3) is 0 Å². The fraction of sp³-hybridized carbons (Fsp3) is 0.176. The standard InChI is InChI=1S/C17H17NO/c1-3-18-16-7-5-4-6-13(16)11-17(18)15-9-8-14(19)10-12(15)2/h4-11,19H,3H2,1-2H3. The molecule has 3 aromatic rings. The van der Waals surface area contributed by atoms with Crippen LogP contribution in [-0.4, -0.2) is 9.67 Å². The molecule has 0 bridgehead atoms. The maximum absolute atomic E-state index is 9.54. The van der Waals surface area contributed by atoms with E-state index in [9.17, 15) is 5.11 Å². The lowest BCUT2D eigenvalue weighted by molar-refractivity contribution is 0.475. The van der Waals surface area contributed by atoms with Gasteiger partial charge in [0.05, 0.1) is 0 Å². The molecule has 2 nitrogen and oxygen atoms in total. The minimum Gasteiger partial charge on any atom is -0.508 e. The molecule has 0 spiro atoms. The summed E-state index contributed by atoms with van der Waals surface area (Å²) in [5.74, 6) is 0.320. The number of hydrogen-bond acceptors (Lipinski definition) is 1. The fourth-order valence-corrected chi connectivity index (χ4v) is 2.71. The number of aryl methyl sites for hydroxylation is 2. The summed E-state index contributed by atoms with van der Waals surface area (Å²) in [5.41, 5.74) is 4.74. The van der Waals surface area contributed by atoms with E-state index in [1.165, 1.54) is 22.2 Å². The van der Waals surface area contributed by atoms with E-state index in [1.54, 1.807) is 6.07 Å². The average Bonchev–Trinajstić information content (AvgIpc) is 2.76. The number of rotatable bonds is 2. The van der Waals surface area contributed by atoms with Gasteiger partial charge in [0.2, 0.25) is 0 Å². The molecule has 2 heteroatoms. The second-order valence-corrected chi connectivity index (χ2v) is 4.83. The zero-order valence-electron chi connectivity index (χ0n) is 11.2. The Bertz CT molecular complexity index is 740. The smallest absolute Gasteiger partial charge is 0.115 e. The summed E-state index contributed by atoms with van der Waals surface area (Å²) in [7, 11) is 0. The van der Waals surface area contributed by atoms with Gasteiger partial charge >= 0.3 is 0 Å². The van der Waals surface area contributed by atoms with E-state index in [4.69, 9.17) is 0 Å². The molecule has 0 atom stereocenters. The predicted octanol–water partition coefficient (Wildman–Crippen LogP) is 4.34. The first-order valence-corrected chi connectivity index (χ1v) is 6.59. The van der Waals surface area contributed by atoms with E-state index in [1.807, 2.05) is 19.1 Å². The third-order valence-electron chi connectivity index (χ3n) is 3.61. The van der Waals surface area contributed by atoms with Gasteiger partial charge in [-0.1, -0.05) is 18.2 Å². The molecule has 0 saturated heterocycles. The molecule has 96 valence electrons. The van der Waals surface area contributed by atoms with Crippen molar-refractivity contribution in [1.82, 2.24) is 4.57 Å². The van der Waals surface area contributed by atoms with E-state index in [0.717, 1.165) is 12.1 Å². The highest BCUT2D eigenvalue weighted by atomic mass is 16.3. The van der Waals surface area contributed by atoms with Crippen LogP contribution in [0.15, 0.2) is 48.5 Å². The molecule has 1 aromatic heterocycles. The number of para-hydroxylation sites is 1. The van der Waals surface area contributed by atoms with Crippen molar-refractivity contribution in [2.45, 2.75) is 20.4 Å². The number of aromatic hydroxyl groups is 1. The molecule has 0 aliphatic carbocycles. The Morgan fingerprint density at radius 1 is 1.05 bits per heavy atom. The summed E-state index contributed by atoms with van der Waals surface area (Å²) in [6, 6.07) is 16.2. The normalized spacial score (nSPS) is 11.1. The molecule has 0 amide bonds. The van der Waals surface area contributed by atoms with Gasteiger partial charge in [0.1, 0.15) is 5.75 Å². The summed E-state index contributed by atoms with van der Waals surface area (Å²) in [5, 5.41) is 10.8. The first kappa shape index (κ1) is 11.8. The third-order valence-corrected chi connectivity index (χ3v) is 3.61. The number of benzene rings is 2. The number of aromatic nitrogens is 1. The van der Waals surface area contributed by atoms with Crippen molar-refractivity contribution >= 4 is 10.9 Å². The summed E-state index contributed by atoms with van der Waals surface area (Å²) in [6.07, 6.45) is 0. The van der Waals surface area contributed by atoms with E-state index in [0.29, 0.717) is 5.75 Å². The average molecular weight is 251 g/mol. The van der Waals surface area contributed by atoms with Crippen LogP contribution >= 0.6 is 0 Å². The molecule has 3 rings (SSSR count). The highest BCUT2D eigenvalue weighted by Crippen LogP contribution is 2.31. The lowest BCUT2D eigenvalue weighted by Gasteiger charge is -2.10. The molecular formula is C17H17NO. The van der Waals surface area contributed by atoms with Crippen molar-refractivity contribution in [2.24, 2.45) is 0 Å². The highest BCUT2D eigenvalue weighted by Gasteiger charge is 2.11. The van der Waals surface area contributed by atoms with Crippen molar-refractivity contribution in [3.8, 4) is 17.0 Å². The van der Waals surface area contributed by atoms with Crippen LogP contribution in [0.3, 0.4) is 0 Å². The SMILES string of the molecule is CCn1c(-c2ccc(O)cc2C)cc2ccccc21. The van der Waals surface area contributed by atoms with Gasteiger partial charge in [0.15, 0.2) is 0 Å². The van der Waals surface area contributed by atoms with Crippen LogP contribution in [-0.2, 0) is 6.54 Å². The molecule has 1 heterocycles. The minimum atomic E-state index is 0.320. The van der Waals surface area contributed by atoms with Crippen LogP contribution in [0, 0.1) is 6.92 Å². The Morgan fingerprint density at radius 3 is 2.58 bits per heavy atom. The van der Waals surface area contributed by atoms with E-state index >= 15 is 0 Å². The molecule has 0 saturated carbocycles. The number of phenolic OH excluding ortho intramolecular Hbond substituents is 1. The van der Waals surface area contributed by atoms with Crippen molar-refractivity contribution in [2.75, 3.05) is 0 Å². The van der Waals surface area contributed by atoms with Gasteiger partial charge in [-0.25, -0.2) is 0 Å². The van der Waals surface area contributed by atoms with Crippen molar-refractivity contribution in [3.63, 3.8) is 0 Å². The van der Waals surface area contributed by atoms with Crippen molar-refractivity contribution in [3.05, 3.63) is 54.1 Å². The van der Waals surface area contributed by atoms with Crippen LogP contribution in [0.25, 0.3) is 22.2 Å². The summed E-state index contributed by atoms with van der Waals surface area (Å²) in [6.45, 7) is 5.13. The summed E-state index contributed by atoms with van der Waals surface area (Å²) < 4.78 is 2.31. The lowest BCUT2D eigenvalue weighted by Crippen LogP contribution is -1.97. The maximum Gasteiger partial charge on any atom is 0.115 e. The van der Waals surface area contributed by atoms with Crippen LogP contribution in [0.2, 0.25) is 0 Å². The molecule has 1 N–H and O–H groups in total. The molecule has 0 unspecified atom stereocenters. The first-order valence-electron chi connectivity index (χ1n) is 6.59. The van der Waals surface area contributed by atoms with E-state index < -0.39 is 0 Å². The number of fused-ring (bicyclic) bond motifs is 1. The zero-order valence-corrected chi connectivity index (χ0v) is 11.2. The van der Waals surface area contributed by atoms with Gasteiger partial charge in [-0.05, 0) is 49.7 Å². The van der Waals surface area contributed by atoms with Gasteiger partial charge in [-0.2, -0.15) is 0 Å². The monoisotopic (exact) mass is 251 g/mol. The molecule has 0 radical (unpaired) electrons. The zero-order chi connectivity index (χ0) is 13.4. The number of nitrogens with zero attached hydrogens (tertiary/aromatic N) is 1. The molecule has 0 fully saturated rings. The second-order valence-electron chi connectivity index (χ2n) is 4.83. The molecule has 0 aliphatic rings. The van der Waals surface area contributed by atoms with Gasteiger partial charge in [-0.3, -0.25) is 0 Å². The first-order chi connectivity index (χ1) is 9.20. The predicted molar refractivity (Wildman–Crippen MR) is 79.4 cm³/mol. The van der Waals surface area contributed by atoms with Gasteiger partial charge in [-0.15, -0.1) is 0 Å². The van der Waals surface area contributed by atoms with Crippen LogP contribution < -0.4 is 0 Å². The van der Waals surface area contributed by atoms with Crippen molar-refractivity contribution < 1.29 is 5.11 Å². The van der Waals surface area contributed by atoms with Crippen LogP contribution in [0.5, 0.6) is 5.75 Å². The van der Waals surface area contributed by atoms with Crippen LogP contribution in [0.1, 0.15) is 12.5 Å². The number of hydrogen-bond donors (Lipinski definition) is 1. The molecule has 2 aromatic carbocycles. The summed E-state index contributed by atoms with van der Waals surface area (Å²) in [4.78, 5) is 0. The summed E-state index contributed by atoms with van der Waals surface area (Å²) >= 11 is 0. The fourth-order valence-electron chi connectivity index (χ4n) is 2.71. The Kier molecular flexibility index (Phi) is 2.79. The van der Waals surface area contributed by atoms with Gasteiger partial charge in [0, 0.05) is 28.7 Å². The molecule has 0 aliphatic heterocycles. The largest absolute Gasteiger partial charge is 0.508 e. The lowest BCUT2D eigenvalue weighted by atomic mass is 10.1. The third kappa shape index (κ3) is 1.89. The van der Waals surface area contributed by atoms with E-state index in [-0.39, 0.29) is 0 Å². The van der Waals surface area contributed by atoms with Crippen LogP contribution in [0.4, 0.5) is 0 Å². The number of phenols is 1. The molecule has 19 heavy (non-hydrogen) atoms. The quantitative estimate of drug-likeness (QED) is 0.720. The second kappa shape index (κ2) is 4.47. The minimum absolute atomic E-state index is 0.320. The Labute approximate surface area is 112 Å². The topological polar surface area (TPSA) is 25.2 Å².